The lowest BCUT2D eigenvalue weighted by molar-refractivity contribution is 0.192. The van der Waals surface area contributed by atoms with Gasteiger partial charge in [0.05, 0.1) is 7.11 Å². The number of hydrogen-bond donors (Lipinski definition) is 1. The summed E-state index contributed by atoms with van der Waals surface area (Å²) < 4.78 is 4.97. The Labute approximate surface area is 137 Å². The zero-order chi connectivity index (χ0) is 16.1. The maximum atomic E-state index is 12.4. The third-order valence-corrected chi connectivity index (χ3v) is 4.59. The van der Waals surface area contributed by atoms with Crippen LogP contribution in [0.2, 0.25) is 0 Å². The predicted molar refractivity (Wildman–Crippen MR) is 87.6 cm³/mol. The van der Waals surface area contributed by atoms with Gasteiger partial charge in [-0.25, -0.2) is 9.78 Å². The molecule has 1 atom stereocenters. The number of nitrogens with zero attached hydrogens (tertiary/aromatic N) is 4. The van der Waals surface area contributed by atoms with Crippen molar-refractivity contribution in [3.8, 4) is 6.01 Å². The number of piperidine rings is 1. The van der Waals surface area contributed by atoms with E-state index in [2.05, 4.69) is 20.2 Å². The minimum Gasteiger partial charge on any atom is -0.467 e. The van der Waals surface area contributed by atoms with Crippen molar-refractivity contribution in [3.05, 3.63) is 12.3 Å². The number of aromatic nitrogens is 2. The average Bonchev–Trinajstić information content (AvgIpc) is 3.04. The second kappa shape index (κ2) is 7.59. The number of ether oxygens (including phenoxy) is 1. The molecule has 1 unspecified atom stereocenters. The lowest BCUT2D eigenvalue weighted by Crippen LogP contribution is -2.37. The summed E-state index contributed by atoms with van der Waals surface area (Å²) in [7, 11) is 1.51. The second-order valence-corrected chi connectivity index (χ2v) is 6.32. The van der Waals surface area contributed by atoms with E-state index in [4.69, 9.17) is 4.74 Å². The normalized spacial score (nSPS) is 22.1. The highest BCUT2D eigenvalue weighted by Gasteiger charge is 2.28. The monoisotopic (exact) mass is 319 g/mol. The van der Waals surface area contributed by atoms with Crippen molar-refractivity contribution >= 4 is 11.8 Å². The van der Waals surface area contributed by atoms with Crippen LogP contribution in [0.1, 0.15) is 25.7 Å². The Morgan fingerprint density at radius 1 is 1.35 bits per heavy atom. The maximum Gasteiger partial charge on any atom is 0.323 e. The van der Waals surface area contributed by atoms with Crippen LogP contribution in [0.15, 0.2) is 12.3 Å². The summed E-state index contributed by atoms with van der Waals surface area (Å²) in [6.45, 7) is 5.18. The van der Waals surface area contributed by atoms with Crippen molar-refractivity contribution in [2.75, 3.05) is 45.2 Å². The van der Waals surface area contributed by atoms with Gasteiger partial charge in [-0.2, -0.15) is 4.98 Å². The van der Waals surface area contributed by atoms with E-state index < -0.39 is 0 Å². The van der Waals surface area contributed by atoms with E-state index in [-0.39, 0.29) is 12.0 Å². The Morgan fingerprint density at radius 2 is 2.17 bits per heavy atom. The van der Waals surface area contributed by atoms with Gasteiger partial charge in [0.25, 0.3) is 0 Å². The summed E-state index contributed by atoms with van der Waals surface area (Å²) in [6, 6.07) is 1.83. The Kier molecular flexibility index (Phi) is 5.27. The highest BCUT2D eigenvalue weighted by atomic mass is 16.5. The van der Waals surface area contributed by atoms with E-state index in [0.717, 1.165) is 26.1 Å². The molecule has 1 N–H and O–H groups in total. The van der Waals surface area contributed by atoms with E-state index in [1.165, 1.54) is 39.5 Å². The van der Waals surface area contributed by atoms with E-state index in [0.29, 0.717) is 11.7 Å². The largest absolute Gasteiger partial charge is 0.467 e. The van der Waals surface area contributed by atoms with E-state index in [1.54, 1.807) is 12.3 Å². The van der Waals surface area contributed by atoms with Gasteiger partial charge in [-0.1, -0.05) is 6.42 Å². The molecule has 1 aromatic rings. The quantitative estimate of drug-likeness (QED) is 0.917. The van der Waals surface area contributed by atoms with Crippen LogP contribution in [0, 0.1) is 5.92 Å². The molecule has 1 aromatic heterocycles. The summed E-state index contributed by atoms with van der Waals surface area (Å²) >= 11 is 0. The number of urea groups is 1. The number of carbonyl (C=O) groups excluding carboxylic acids is 1. The second-order valence-electron chi connectivity index (χ2n) is 6.32. The third kappa shape index (κ3) is 4.31. The molecule has 0 radical (unpaired) electrons. The Hall–Kier alpha value is -1.89. The van der Waals surface area contributed by atoms with Gasteiger partial charge in [-0.3, -0.25) is 5.32 Å². The molecule has 23 heavy (non-hydrogen) atoms. The van der Waals surface area contributed by atoms with Crippen LogP contribution in [0.4, 0.5) is 10.6 Å². The van der Waals surface area contributed by atoms with Crippen molar-refractivity contribution < 1.29 is 9.53 Å². The summed E-state index contributed by atoms with van der Waals surface area (Å²) in [5.41, 5.74) is 0. The number of nitrogens with one attached hydrogen (secondary N) is 1. The number of methoxy groups -OCH3 is 1. The standard InChI is InChI=1S/C16H25N5O2/c1-23-15-17-7-5-14(18-15)19-16(22)21-10-6-13(12-21)11-20-8-3-2-4-9-20/h5,7,13H,2-4,6,8-12H2,1H3,(H,17,18,19,22). The van der Waals surface area contributed by atoms with Crippen LogP contribution >= 0.6 is 0 Å². The highest BCUT2D eigenvalue weighted by molar-refractivity contribution is 5.88. The van der Waals surface area contributed by atoms with Gasteiger partial charge in [0.2, 0.25) is 0 Å². The molecule has 126 valence electrons. The molecule has 0 saturated carbocycles. The minimum atomic E-state index is -0.0908. The van der Waals surface area contributed by atoms with Gasteiger partial charge in [0, 0.05) is 25.8 Å². The van der Waals surface area contributed by atoms with E-state index >= 15 is 0 Å². The van der Waals surface area contributed by atoms with E-state index in [9.17, 15) is 4.79 Å². The fourth-order valence-corrected chi connectivity index (χ4v) is 3.37. The zero-order valence-electron chi connectivity index (χ0n) is 13.7. The number of anilines is 1. The van der Waals surface area contributed by atoms with Crippen molar-refractivity contribution in [1.82, 2.24) is 19.8 Å². The first kappa shape index (κ1) is 16.0. The van der Waals surface area contributed by atoms with Crippen molar-refractivity contribution in [2.45, 2.75) is 25.7 Å². The number of likely N-dealkylation sites (tertiary alicyclic amines) is 2. The molecule has 2 aliphatic rings. The molecule has 2 fully saturated rings. The lowest BCUT2D eigenvalue weighted by Gasteiger charge is -2.28. The molecule has 7 heteroatoms. The van der Waals surface area contributed by atoms with Crippen molar-refractivity contribution in [2.24, 2.45) is 5.92 Å². The van der Waals surface area contributed by atoms with Crippen LogP contribution in [-0.2, 0) is 0 Å². The lowest BCUT2D eigenvalue weighted by atomic mass is 10.1. The number of hydrogen-bond acceptors (Lipinski definition) is 5. The van der Waals surface area contributed by atoms with Crippen molar-refractivity contribution in [1.29, 1.82) is 0 Å². The van der Waals surface area contributed by atoms with Crippen LogP contribution < -0.4 is 10.1 Å². The van der Waals surface area contributed by atoms with Crippen molar-refractivity contribution in [3.63, 3.8) is 0 Å². The third-order valence-electron chi connectivity index (χ3n) is 4.59. The molecular formula is C16H25N5O2. The van der Waals surface area contributed by atoms with Crippen LogP contribution in [-0.4, -0.2) is 65.6 Å². The summed E-state index contributed by atoms with van der Waals surface area (Å²) in [5.74, 6) is 1.06. The fourth-order valence-electron chi connectivity index (χ4n) is 3.37. The maximum absolute atomic E-state index is 12.4. The molecule has 2 aliphatic heterocycles. The molecular weight excluding hydrogens is 294 g/mol. The molecule has 3 heterocycles. The molecule has 3 rings (SSSR count). The topological polar surface area (TPSA) is 70.6 Å². The van der Waals surface area contributed by atoms with E-state index in [1.807, 2.05) is 4.90 Å². The Morgan fingerprint density at radius 3 is 2.96 bits per heavy atom. The average molecular weight is 319 g/mol. The first-order chi connectivity index (χ1) is 11.2. The van der Waals surface area contributed by atoms with Gasteiger partial charge in [0.1, 0.15) is 5.82 Å². The first-order valence-corrected chi connectivity index (χ1v) is 8.40. The number of rotatable bonds is 4. The highest BCUT2D eigenvalue weighted by Crippen LogP contribution is 2.20. The Bertz CT molecular complexity index is 533. The van der Waals surface area contributed by atoms with Gasteiger partial charge < -0.3 is 14.5 Å². The SMILES string of the molecule is COc1nccc(NC(=O)N2CCC(CN3CCCCC3)C2)n1. The fraction of sp³-hybridized carbons (Fsp3) is 0.688. The molecule has 7 nitrogen and oxygen atoms in total. The molecule has 0 spiro atoms. The van der Waals surface area contributed by atoms with Gasteiger partial charge in [0.15, 0.2) is 0 Å². The Balaban J connectivity index is 1.48. The molecule has 2 saturated heterocycles. The molecule has 0 bridgehead atoms. The van der Waals surface area contributed by atoms with Crippen LogP contribution in [0.3, 0.4) is 0 Å². The smallest absolute Gasteiger partial charge is 0.323 e. The molecule has 0 aliphatic carbocycles. The van der Waals surface area contributed by atoms with Gasteiger partial charge in [-0.15, -0.1) is 0 Å². The first-order valence-electron chi connectivity index (χ1n) is 8.40. The van der Waals surface area contributed by atoms with Crippen LogP contribution in [0.5, 0.6) is 6.01 Å². The van der Waals surface area contributed by atoms with Gasteiger partial charge >= 0.3 is 12.0 Å². The number of carbonyl (C=O) groups is 1. The number of amides is 2. The zero-order valence-corrected chi connectivity index (χ0v) is 13.7. The van der Waals surface area contributed by atoms with Gasteiger partial charge in [-0.05, 0) is 44.3 Å². The summed E-state index contributed by atoms with van der Waals surface area (Å²) in [6.07, 6.45) is 6.64. The predicted octanol–water partition coefficient (Wildman–Crippen LogP) is 1.82. The molecule has 0 aromatic carbocycles. The molecule has 2 amide bonds. The van der Waals surface area contributed by atoms with Crippen LogP contribution in [0.25, 0.3) is 0 Å². The minimum absolute atomic E-state index is 0.0908. The summed E-state index contributed by atoms with van der Waals surface area (Å²) in [4.78, 5) is 24.8. The summed E-state index contributed by atoms with van der Waals surface area (Å²) in [5, 5.41) is 2.83.